The van der Waals surface area contributed by atoms with E-state index in [9.17, 15) is 9.18 Å². The van der Waals surface area contributed by atoms with E-state index >= 15 is 0 Å². The summed E-state index contributed by atoms with van der Waals surface area (Å²) in [6.45, 7) is 0. The van der Waals surface area contributed by atoms with Crippen molar-refractivity contribution in [2.75, 3.05) is 19.5 Å². The highest BCUT2D eigenvalue weighted by atomic mass is 35.5. The van der Waals surface area contributed by atoms with Gasteiger partial charge in [0.25, 0.3) is 0 Å². The lowest BCUT2D eigenvalue weighted by atomic mass is 10.1. The quantitative estimate of drug-likeness (QED) is 0.866. The van der Waals surface area contributed by atoms with Gasteiger partial charge in [0, 0.05) is 17.2 Å². The Morgan fingerprint density at radius 3 is 2.43 bits per heavy atom. The van der Waals surface area contributed by atoms with Crippen LogP contribution >= 0.6 is 23.2 Å². The van der Waals surface area contributed by atoms with Gasteiger partial charge in [0.05, 0.1) is 31.4 Å². The van der Waals surface area contributed by atoms with Gasteiger partial charge in [-0.3, -0.25) is 4.79 Å². The Labute approximate surface area is 143 Å². The van der Waals surface area contributed by atoms with Crippen molar-refractivity contribution in [1.82, 2.24) is 0 Å². The molecule has 23 heavy (non-hydrogen) atoms. The first-order valence-electron chi connectivity index (χ1n) is 6.60. The molecule has 2 aromatic carbocycles. The van der Waals surface area contributed by atoms with E-state index in [1.807, 2.05) is 0 Å². The zero-order valence-electron chi connectivity index (χ0n) is 12.5. The molecule has 0 bridgehead atoms. The molecular weight excluding hydrogens is 344 g/mol. The Kier molecular flexibility index (Phi) is 5.69. The molecule has 0 saturated carbocycles. The monoisotopic (exact) mass is 357 g/mol. The number of ether oxygens (including phenoxy) is 2. The van der Waals surface area contributed by atoms with E-state index in [0.717, 1.165) is 6.07 Å². The van der Waals surface area contributed by atoms with Crippen molar-refractivity contribution in [3.63, 3.8) is 0 Å². The van der Waals surface area contributed by atoms with Crippen molar-refractivity contribution >= 4 is 34.8 Å². The van der Waals surface area contributed by atoms with Crippen molar-refractivity contribution in [3.8, 4) is 11.5 Å². The minimum atomic E-state index is -0.534. The Morgan fingerprint density at radius 1 is 1.13 bits per heavy atom. The molecule has 7 heteroatoms. The summed E-state index contributed by atoms with van der Waals surface area (Å²) < 4.78 is 24.0. The van der Waals surface area contributed by atoms with Crippen molar-refractivity contribution in [2.45, 2.75) is 6.42 Å². The molecule has 0 heterocycles. The first kappa shape index (κ1) is 17.4. The van der Waals surface area contributed by atoms with Gasteiger partial charge in [-0.2, -0.15) is 0 Å². The molecule has 0 aliphatic rings. The number of carbonyl (C=O) groups excluding carboxylic acids is 1. The molecular formula is C16H14Cl2FNO3. The smallest absolute Gasteiger partial charge is 0.229 e. The second-order valence-corrected chi connectivity index (χ2v) is 5.49. The Bertz CT molecular complexity index is 738. The fourth-order valence-corrected chi connectivity index (χ4v) is 2.38. The van der Waals surface area contributed by atoms with Gasteiger partial charge in [-0.25, -0.2) is 4.39 Å². The number of halogens is 3. The molecule has 0 unspecified atom stereocenters. The fourth-order valence-electron chi connectivity index (χ4n) is 1.99. The van der Waals surface area contributed by atoms with Crippen LogP contribution in [0.3, 0.4) is 0 Å². The first-order valence-corrected chi connectivity index (χ1v) is 7.35. The maximum atomic E-state index is 13.7. The van der Waals surface area contributed by atoms with Gasteiger partial charge >= 0.3 is 0 Å². The third kappa shape index (κ3) is 4.27. The number of methoxy groups -OCH3 is 2. The van der Waals surface area contributed by atoms with E-state index in [0.29, 0.717) is 22.2 Å². The minimum absolute atomic E-state index is 0.142. The molecule has 2 aromatic rings. The van der Waals surface area contributed by atoms with Crippen LogP contribution in [0.5, 0.6) is 11.5 Å². The number of nitrogens with one attached hydrogen (secondary N) is 1. The van der Waals surface area contributed by atoms with Crippen LogP contribution in [0.4, 0.5) is 10.1 Å². The number of hydrogen-bond acceptors (Lipinski definition) is 3. The number of rotatable bonds is 5. The molecule has 0 radical (unpaired) electrons. The van der Waals surface area contributed by atoms with Crippen molar-refractivity contribution in [2.24, 2.45) is 0 Å². The lowest BCUT2D eigenvalue weighted by Crippen LogP contribution is -2.16. The largest absolute Gasteiger partial charge is 0.495 e. The van der Waals surface area contributed by atoms with Crippen LogP contribution in [0.2, 0.25) is 10.0 Å². The van der Waals surface area contributed by atoms with Gasteiger partial charge in [-0.1, -0.05) is 29.3 Å². The summed E-state index contributed by atoms with van der Waals surface area (Å²) in [5, 5.41) is 3.28. The van der Waals surface area contributed by atoms with Gasteiger partial charge in [0.1, 0.15) is 17.3 Å². The number of hydrogen-bond donors (Lipinski definition) is 1. The second-order valence-electron chi connectivity index (χ2n) is 4.65. The zero-order valence-corrected chi connectivity index (χ0v) is 14.0. The third-order valence-corrected chi connectivity index (χ3v) is 3.64. The normalized spacial score (nSPS) is 10.3. The lowest BCUT2D eigenvalue weighted by molar-refractivity contribution is -0.115. The summed E-state index contributed by atoms with van der Waals surface area (Å²) in [6, 6.07) is 7.22. The van der Waals surface area contributed by atoms with Gasteiger partial charge < -0.3 is 14.8 Å². The number of benzene rings is 2. The van der Waals surface area contributed by atoms with E-state index in [-0.39, 0.29) is 17.0 Å². The average Bonchev–Trinajstić information content (AvgIpc) is 2.51. The Balaban J connectivity index is 2.19. The van der Waals surface area contributed by atoms with Gasteiger partial charge in [0.15, 0.2) is 0 Å². The van der Waals surface area contributed by atoms with Crippen LogP contribution in [-0.2, 0) is 11.2 Å². The molecule has 0 spiro atoms. The standard InChI is InChI=1S/C16H14Cl2FNO3/c1-22-14-8-13(15(23-2)7-11(14)18)20-16(21)5-9-3-4-10(17)6-12(9)19/h3-4,6-8H,5H2,1-2H3,(H,20,21). The minimum Gasteiger partial charge on any atom is -0.495 e. The predicted molar refractivity (Wildman–Crippen MR) is 88.3 cm³/mol. The van der Waals surface area contributed by atoms with Gasteiger partial charge in [0.2, 0.25) is 5.91 Å². The van der Waals surface area contributed by atoms with Crippen LogP contribution in [0.25, 0.3) is 0 Å². The molecule has 0 aliphatic carbocycles. The third-order valence-electron chi connectivity index (χ3n) is 3.11. The molecule has 0 aliphatic heterocycles. The molecule has 0 atom stereocenters. The number of amides is 1. The predicted octanol–water partition coefficient (Wildman–Crippen LogP) is 4.33. The average molecular weight is 358 g/mol. The Morgan fingerprint density at radius 2 is 1.83 bits per heavy atom. The van der Waals surface area contributed by atoms with Crippen molar-refractivity contribution < 1.29 is 18.7 Å². The summed E-state index contributed by atoms with van der Waals surface area (Å²) in [7, 11) is 2.91. The van der Waals surface area contributed by atoms with Crippen LogP contribution in [-0.4, -0.2) is 20.1 Å². The first-order chi connectivity index (χ1) is 10.9. The zero-order chi connectivity index (χ0) is 17.0. The van der Waals surface area contributed by atoms with E-state index in [1.54, 1.807) is 0 Å². The van der Waals surface area contributed by atoms with E-state index in [2.05, 4.69) is 5.32 Å². The SMILES string of the molecule is COc1cc(NC(=O)Cc2ccc(Cl)cc2F)c(OC)cc1Cl. The van der Waals surface area contributed by atoms with E-state index < -0.39 is 11.7 Å². The molecule has 0 saturated heterocycles. The van der Waals surface area contributed by atoms with Crippen LogP contribution < -0.4 is 14.8 Å². The summed E-state index contributed by atoms with van der Waals surface area (Å²) in [4.78, 5) is 12.1. The second kappa shape index (κ2) is 7.53. The lowest BCUT2D eigenvalue weighted by Gasteiger charge is -2.13. The Hall–Kier alpha value is -1.98. The molecule has 122 valence electrons. The maximum absolute atomic E-state index is 13.7. The highest BCUT2D eigenvalue weighted by Gasteiger charge is 2.14. The summed E-state index contributed by atoms with van der Waals surface area (Å²) in [5.74, 6) is -0.177. The fraction of sp³-hybridized carbons (Fsp3) is 0.188. The molecule has 0 fully saturated rings. The van der Waals surface area contributed by atoms with Crippen LogP contribution in [0.1, 0.15) is 5.56 Å². The summed E-state index contributed by atoms with van der Waals surface area (Å²) in [5.41, 5.74) is 0.625. The number of anilines is 1. The van der Waals surface area contributed by atoms with Gasteiger partial charge in [-0.15, -0.1) is 0 Å². The van der Waals surface area contributed by atoms with Crippen LogP contribution in [0.15, 0.2) is 30.3 Å². The molecule has 1 N–H and O–H groups in total. The van der Waals surface area contributed by atoms with E-state index in [4.69, 9.17) is 32.7 Å². The molecule has 4 nitrogen and oxygen atoms in total. The van der Waals surface area contributed by atoms with Gasteiger partial charge in [-0.05, 0) is 17.7 Å². The summed E-state index contributed by atoms with van der Waals surface area (Å²) >= 11 is 11.7. The highest BCUT2D eigenvalue weighted by molar-refractivity contribution is 6.32. The molecule has 2 rings (SSSR count). The summed E-state index contributed by atoms with van der Waals surface area (Å²) in [6.07, 6.45) is -0.142. The van der Waals surface area contributed by atoms with E-state index in [1.165, 1.54) is 38.5 Å². The highest BCUT2D eigenvalue weighted by Crippen LogP contribution is 2.35. The van der Waals surface area contributed by atoms with Crippen LogP contribution in [0, 0.1) is 5.82 Å². The maximum Gasteiger partial charge on any atom is 0.229 e. The molecule has 0 aromatic heterocycles. The number of carbonyl (C=O) groups is 1. The van der Waals surface area contributed by atoms with Crippen molar-refractivity contribution in [3.05, 3.63) is 51.8 Å². The van der Waals surface area contributed by atoms with Crippen molar-refractivity contribution in [1.29, 1.82) is 0 Å². The molecule has 1 amide bonds. The topological polar surface area (TPSA) is 47.6 Å².